The third-order valence-corrected chi connectivity index (χ3v) is 5.38. The molecule has 0 spiro atoms. The molecule has 1 aliphatic heterocycles. The summed E-state index contributed by atoms with van der Waals surface area (Å²) in [5.74, 6) is 1.73. The van der Waals surface area contributed by atoms with Gasteiger partial charge in [0.05, 0.1) is 6.04 Å². The highest BCUT2D eigenvalue weighted by molar-refractivity contribution is 9.10. The Labute approximate surface area is 169 Å². The lowest BCUT2D eigenvalue weighted by Crippen LogP contribution is -2.45. The van der Waals surface area contributed by atoms with Gasteiger partial charge >= 0.3 is 0 Å². The zero-order valence-corrected chi connectivity index (χ0v) is 16.7. The summed E-state index contributed by atoms with van der Waals surface area (Å²) >= 11 is 3.55. The molecule has 3 nitrogen and oxygen atoms in total. The van der Waals surface area contributed by atoms with Crippen LogP contribution in [-0.4, -0.2) is 31.1 Å². The van der Waals surface area contributed by atoms with Crippen LogP contribution in [0.25, 0.3) is 0 Å². The maximum atomic E-state index is 6.07. The maximum absolute atomic E-state index is 6.07. The minimum atomic E-state index is 0.222. The predicted octanol–water partition coefficient (Wildman–Crippen LogP) is 5.24. The van der Waals surface area contributed by atoms with E-state index in [-0.39, 0.29) is 6.04 Å². The second kappa shape index (κ2) is 8.70. The lowest BCUT2D eigenvalue weighted by molar-refractivity contribution is 0.198. The van der Waals surface area contributed by atoms with E-state index in [1.807, 2.05) is 36.4 Å². The second-order valence-electron chi connectivity index (χ2n) is 6.73. The van der Waals surface area contributed by atoms with E-state index in [0.717, 1.165) is 42.2 Å². The van der Waals surface area contributed by atoms with Crippen molar-refractivity contribution in [2.24, 2.45) is 0 Å². The van der Waals surface area contributed by atoms with Crippen molar-refractivity contribution in [3.05, 3.63) is 94.5 Å². The summed E-state index contributed by atoms with van der Waals surface area (Å²) in [6.45, 7) is 4.11. The van der Waals surface area contributed by atoms with Gasteiger partial charge in [-0.2, -0.15) is 0 Å². The lowest BCUT2D eigenvalue weighted by Gasteiger charge is -2.35. The van der Waals surface area contributed by atoms with Crippen LogP contribution in [0.15, 0.2) is 83.3 Å². The SMILES string of the molecule is Brc1ccc(C(c2cccc(Oc3ccccc3)c2)N2CCNCC2)cc1. The van der Waals surface area contributed by atoms with Crippen molar-refractivity contribution in [3.8, 4) is 11.5 Å². The summed E-state index contributed by atoms with van der Waals surface area (Å²) in [5.41, 5.74) is 2.56. The van der Waals surface area contributed by atoms with Crippen LogP contribution in [0.3, 0.4) is 0 Å². The van der Waals surface area contributed by atoms with Crippen LogP contribution in [0.4, 0.5) is 0 Å². The van der Waals surface area contributed by atoms with E-state index in [2.05, 4.69) is 68.6 Å². The van der Waals surface area contributed by atoms with Gasteiger partial charge in [0, 0.05) is 30.7 Å². The van der Waals surface area contributed by atoms with Crippen molar-refractivity contribution in [3.63, 3.8) is 0 Å². The number of ether oxygens (including phenoxy) is 1. The number of halogens is 1. The molecule has 0 aromatic heterocycles. The third-order valence-electron chi connectivity index (χ3n) is 4.86. The van der Waals surface area contributed by atoms with Gasteiger partial charge in [0.25, 0.3) is 0 Å². The molecule has 4 heteroatoms. The summed E-state index contributed by atoms with van der Waals surface area (Å²) in [7, 11) is 0. The Morgan fingerprint density at radius 3 is 2.22 bits per heavy atom. The van der Waals surface area contributed by atoms with E-state index < -0.39 is 0 Å². The van der Waals surface area contributed by atoms with Gasteiger partial charge in [-0.1, -0.05) is 58.4 Å². The van der Waals surface area contributed by atoms with E-state index >= 15 is 0 Å². The fraction of sp³-hybridized carbons (Fsp3) is 0.217. The zero-order valence-electron chi connectivity index (χ0n) is 15.1. The summed E-state index contributed by atoms with van der Waals surface area (Å²) in [5, 5.41) is 3.45. The molecular formula is C23H23BrN2O. The average molecular weight is 423 g/mol. The van der Waals surface area contributed by atoms with Crippen molar-refractivity contribution in [2.45, 2.75) is 6.04 Å². The Morgan fingerprint density at radius 2 is 1.48 bits per heavy atom. The molecule has 1 saturated heterocycles. The van der Waals surface area contributed by atoms with Gasteiger partial charge in [0.15, 0.2) is 0 Å². The summed E-state index contributed by atoms with van der Waals surface area (Å²) in [4.78, 5) is 2.54. The van der Waals surface area contributed by atoms with Crippen LogP contribution in [0.2, 0.25) is 0 Å². The topological polar surface area (TPSA) is 24.5 Å². The number of hydrogen-bond donors (Lipinski definition) is 1. The van der Waals surface area contributed by atoms with Gasteiger partial charge in [-0.25, -0.2) is 0 Å². The molecule has 0 bridgehead atoms. The van der Waals surface area contributed by atoms with E-state index in [4.69, 9.17) is 4.74 Å². The highest BCUT2D eigenvalue weighted by Gasteiger charge is 2.24. The summed E-state index contributed by atoms with van der Waals surface area (Å²) in [6.07, 6.45) is 0. The quantitative estimate of drug-likeness (QED) is 0.608. The van der Waals surface area contributed by atoms with Gasteiger partial charge in [-0.05, 0) is 47.5 Å². The molecule has 1 atom stereocenters. The minimum Gasteiger partial charge on any atom is -0.457 e. The number of hydrogen-bond acceptors (Lipinski definition) is 3. The highest BCUT2D eigenvalue weighted by Crippen LogP contribution is 2.32. The van der Waals surface area contributed by atoms with Crippen molar-refractivity contribution in [1.29, 1.82) is 0 Å². The first-order chi connectivity index (χ1) is 13.3. The first kappa shape index (κ1) is 18.2. The van der Waals surface area contributed by atoms with Crippen molar-refractivity contribution >= 4 is 15.9 Å². The average Bonchev–Trinajstić information content (AvgIpc) is 2.72. The van der Waals surface area contributed by atoms with Gasteiger partial charge in [-0.3, -0.25) is 4.90 Å². The van der Waals surface area contributed by atoms with Crippen LogP contribution in [-0.2, 0) is 0 Å². The van der Waals surface area contributed by atoms with Crippen LogP contribution in [0, 0.1) is 0 Å². The summed E-state index contributed by atoms with van der Waals surface area (Å²) in [6, 6.07) is 27.3. The molecule has 1 unspecified atom stereocenters. The largest absolute Gasteiger partial charge is 0.457 e. The number of nitrogens with zero attached hydrogens (tertiary/aromatic N) is 1. The first-order valence-corrected chi connectivity index (χ1v) is 10.1. The Bertz CT molecular complexity index is 861. The molecule has 1 heterocycles. The monoisotopic (exact) mass is 422 g/mol. The molecular weight excluding hydrogens is 400 g/mol. The second-order valence-corrected chi connectivity index (χ2v) is 7.64. The number of benzene rings is 3. The van der Waals surface area contributed by atoms with Crippen molar-refractivity contribution in [1.82, 2.24) is 10.2 Å². The smallest absolute Gasteiger partial charge is 0.127 e. The van der Waals surface area contributed by atoms with Crippen molar-refractivity contribution < 1.29 is 4.74 Å². The first-order valence-electron chi connectivity index (χ1n) is 9.33. The molecule has 138 valence electrons. The zero-order chi connectivity index (χ0) is 18.5. The third kappa shape index (κ3) is 4.59. The van der Waals surface area contributed by atoms with Crippen LogP contribution >= 0.6 is 15.9 Å². The van der Waals surface area contributed by atoms with Gasteiger partial charge in [0.1, 0.15) is 11.5 Å². The van der Waals surface area contributed by atoms with E-state index in [9.17, 15) is 0 Å². The Morgan fingerprint density at radius 1 is 0.778 bits per heavy atom. The normalized spacial score (nSPS) is 16.0. The standard InChI is InChI=1S/C23H23BrN2O/c24-20-11-9-18(10-12-20)23(26-15-13-25-14-16-26)19-5-4-8-22(17-19)27-21-6-2-1-3-7-21/h1-12,17,23,25H,13-16H2. The predicted molar refractivity (Wildman–Crippen MR) is 113 cm³/mol. The molecule has 0 saturated carbocycles. The van der Waals surface area contributed by atoms with E-state index in [1.54, 1.807) is 0 Å². The number of piperazine rings is 1. The molecule has 0 amide bonds. The molecule has 4 rings (SSSR count). The Hall–Kier alpha value is -2.14. The summed E-state index contributed by atoms with van der Waals surface area (Å²) < 4.78 is 7.18. The fourth-order valence-corrected chi connectivity index (χ4v) is 3.84. The maximum Gasteiger partial charge on any atom is 0.127 e. The number of para-hydroxylation sites is 1. The molecule has 1 aliphatic rings. The van der Waals surface area contributed by atoms with Gasteiger partial charge < -0.3 is 10.1 Å². The van der Waals surface area contributed by atoms with Crippen LogP contribution in [0.5, 0.6) is 11.5 Å². The van der Waals surface area contributed by atoms with Crippen LogP contribution < -0.4 is 10.1 Å². The van der Waals surface area contributed by atoms with E-state index in [0.29, 0.717) is 0 Å². The molecule has 1 N–H and O–H groups in total. The fourth-order valence-electron chi connectivity index (χ4n) is 3.57. The molecule has 3 aromatic rings. The Balaban J connectivity index is 1.66. The van der Waals surface area contributed by atoms with Gasteiger partial charge in [-0.15, -0.1) is 0 Å². The lowest BCUT2D eigenvalue weighted by atomic mass is 9.96. The molecule has 27 heavy (non-hydrogen) atoms. The van der Waals surface area contributed by atoms with Crippen LogP contribution in [0.1, 0.15) is 17.2 Å². The van der Waals surface area contributed by atoms with Crippen molar-refractivity contribution in [2.75, 3.05) is 26.2 Å². The molecule has 1 fully saturated rings. The van der Waals surface area contributed by atoms with E-state index in [1.165, 1.54) is 11.1 Å². The minimum absolute atomic E-state index is 0.222. The molecule has 0 radical (unpaired) electrons. The Kier molecular flexibility index (Phi) is 5.87. The van der Waals surface area contributed by atoms with Gasteiger partial charge in [0.2, 0.25) is 0 Å². The number of nitrogens with one attached hydrogen (secondary N) is 1. The molecule has 0 aliphatic carbocycles. The molecule has 3 aromatic carbocycles. The highest BCUT2D eigenvalue weighted by atomic mass is 79.9. The number of rotatable bonds is 5.